The number of alkyl carbamates (subject to hydrolysis) is 1. The van der Waals surface area contributed by atoms with Crippen LogP contribution in [0, 0.1) is 11.8 Å². The van der Waals surface area contributed by atoms with Crippen LogP contribution in [-0.2, 0) is 48.1 Å². The Kier molecular flexibility index (Phi) is 12.2. The number of benzene rings is 2. The van der Waals surface area contributed by atoms with Gasteiger partial charge in [0.05, 0.1) is 19.2 Å². The van der Waals surface area contributed by atoms with Gasteiger partial charge >= 0.3 is 18.0 Å². The maximum Gasteiger partial charge on any atom is 0.408 e. The van der Waals surface area contributed by atoms with Gasteiger partial charge in [-0.2, -0.15) is 8.78 Å². The monoisotopic (exact) mass is 629 g/mol. The van der Waals surface area contributed by atoms with Crippen LogP contribution in [-0.4, -0.2) is 71.8 Å². The van der Waals surface area contributed by atoms with E-state index in [0.29, 0.717) is 12.8 Å². The summed E-state index contributed by atoms with van der Waals surface area (Å²) in [6.45, 7) is 6.72. The average Bonchev–Trinajstić information content (AvgIpc) is 3.44. The minimum Gasteiger partial charge on any atom is -0.461 e. The minimum atomic E-state index is -4.48. The number of carbonyl (C=O) groups excluding carboxylic acids is 5. The number of alkyl halides is 2. The summed E-state index contributed by atoms with van der Waals surface area (Å²) in [4.78, 5) is 66.1. The molecule has 0 saturated heterocycles. The zero-order valence-electron chi connectivity index (χ0n) is 26.2. The number of fused-ring (bicyclic) bond motifs is 1. The van der Waals surface area contributed by atoms with Gasteiger partial charge in [-0.15, -0.1) is 0 Å². The van der Waals surface area contributed by atoms with Crippen LogP contribution >= 0.6 is 0 Å². The summed E-state index contributed by atoms with van der Waals surface area (Å²) < 4.78 is 39.0. The van der Waals surface area contributed by atoms with Crippen LogP contribution < -0.4 is 10.6 Å². The molecule has 45 heavy (non-hydrogen) atoms. The SMILES string of the molecule is CCOC(=O)C(F)(F)C(=O)[C@@H](NC(=O)CN(C(=O)[C@@H](NC(=O)OCc1ccccc1)C(C)C)C1Cc2ccccc2C1)C(C)C. The number of hydrogen-bond donors (Lipinski definition) is 2. The first-order chi connectivity index (χ1) is 21.3. The molecule has 0 heterocycles. The maximum atomic E-state index is 14.6. The molecule has 0 aromatic heterocycles. The molecule has 0 radical (unpaired) electrons. The topological polar surface area (TPSA) is 131 Å². The largest absolute Gasteiger partial charge is 0.461 e. The molecule has 2 atom stereocenters. The molecule has 0 fully saturated rings. The first-order valence-electron chi connectivity index (χ1n) is 15.0. The zero-order chi connectivity index (χ0) is 33.3. The molecule has 1 aliphatic carbocycles. The molecule has 3 rings (SSSR count). The van der Waals surface area contributed by atoms with Gasteiger partial charge in [0.25, 0.3) is 0 Å². The normalized spacial score (nSPS) is 14.3. The Bertz CT molecular complexity index is 1340. The van der Waals surface area contributed by atoms with Crippen LogP contribution in [0.15, 0.2) is 54.6 Å². The van der Waals surface area contributed by atoms with E-state index in [1.54, 1.807) is 38.1 Å². The van der Waals surface area contributed by atoms with E-state index in [9.17, 15) is 32.8 Å². The summed E-state index contributed by atoms with van der Waals surface area (Å²) in [6, 6.07) is 13.3. The molecule has 0 bridgehead atoms. The molecule has 10 nitrogen and oxygen atoms in total. The van der Waals surface area contributed by atoms with Crippen molar-refractivity contribution < 1.29 is 42.2 Å². The second-order valence-corrected chi connectivity index (χ2v) is 11.7. The fraction of sp³-hybridized carbons (Fsp3) is 0.485. The predicted octanol–water partition coefficient (Wildman–Crippen LogP) is 3.84. The van der Waals surface area contributed by atoms with E-state index < -0.39 is 72.1 Å². The molecule has 244 valence electrons. The Morgan fingerprint density at radius 3 is 1.93 bits per heavy atom. The maximum absolute atomic E-state index is 14.6. The van der Waals surface area contributed by atoms with Crippen molar-refractivity contribution in [3.05, 3.63) is 71.3 Å². The van der Waals surface area contributed by atoms with Crippen LogP contribution in [0.4, 0.5) is 13.6 Å². The van der Waals surface area contributed by atoms with E-state index in [-0.39, 0.29) is 13.2 Å². The summed E-state index contributed by atoms with van der Waals surface area (Å²) in [6.07, 6.45) is 0.0226. The first kappa shape index (κ1) is 35.1. The van der Waals surface area contributed by atoms with Crippen molar-refractivity contribution in [1.82, 2.24) is 15.5 Å². The molecule has 2 N–H and O–H groups in total. The van der Waals surface area contributed by atoms with Crippen molar-refractivity contribution in [3.8, 4) is 0 Å². The molecule has 0 unspecified atom stereocenters. The Morgan fingerprint density at radius 2 is 1.40 bits per heavy atom. The molecule has 0 aliphatic heterocycles. The van der Waals surface area contributed by atoms with Gasteiger partial charge in [-0.25, -0.2) is 9.59 Å². The number of hydrogen-bond acceptors (Lipinski definition) is 7. The molecular formula is C33H41F2N3O7. The van der Waals surface area contributed by atoms with Gasteiger partial charge in [-0.1, -0.05) is 82.3 Å². The van der Waals surface area contributed by atoms with E-state index in [4.69, 9.17) is 4.74 Å². The van der Waals surface area contributed by atoms with Gasteiger partial charge in [0.1, 0.15) is 12.6 Å². The second kappa shape index (κ2) is 15.6. The molecular weight excluding hydrogens is 588 g/mol. The summed E-state index contributed by atoms with van der Waals surface area (Å²) >= 11 is 0. The van der Waals surface area contributed by atoms with E-state index in [0.717, 1.165) is 16.7 Å². The highest BCUT2D eigenvalue weighted by Crippen LogP contribution is 2.27. The fourth-order valence-corrected chi connectivity index (χ4v) is 5.15. The Morgan fingerprint density at radius 1 is 0.844 bits per heavy atom. The Labute approximate surface area is 261 Å². The second-order valence-electron chi connectivity index (χ2n) is 11.7. The first-order valence-corrected chi connectivity index (χ1v) is 15.0. The van der Waals surface area contributed by atoms with Gasteiger partial charge < -0.3 is 25.0 Å². The Balaban J connectivity index is 1.82. The van der Waals surface area contributed by atoms with E-state index >= 15 is 0 Å². The van der Waals surface area contributed by atoms with Crippen molar-refractivity contribution in [1.29, 1.82) is 0 Å². The van der Waals surface area contributed by atoms with Gasteiger partial charge in [-0.05, 0) is 48.3 Å². The van der Waals surface area contributed by atoms with Gasteiger partial charge in [0, 0.05) is 6.04 Å². The van der Waals surface area contributed by atoms with E-state index in [2.05, 4.69) is 15.4 Å². The fourth-order valence-electron chi connectivity index (χ4n) is 5.15. The number of nitrogens with one attached hydrogen (secondary N) is 2. The van der Waals surface area contributed by atoms with E-state index in [1.165, 1.54) is 25.7 Å². The number of nitrogens with zero attached hydrogens (tertiary/aromatic N) is 1. The van der Waals surface area contributed by atoms with Crippen LogP contribution in [0.25, 0.3) is 0 Å². The number of halogens is 2. The quantitative estimate of drug-likeness (QED) is 0.240. The van der Waals surface area contributed by atoms with Crippen LogP contribution in [0.2, 0.25) is 0 Å². The molecule has 0 saturated carbocycles. The number of carbonyl (C=O) groups is 5. The number of amides is 3. The average molecular weight is 630 g/mol. The van der Waals surface area contributed by atoms with Crippen LogP contribution in [0.3, 0.4) is 0 Å². The molecule has 12 heteroatoms. The lowest BCUT2D eigenvalue weighted by molar-refractivity contribution is -0.178. The zero-order valence-corrected chi connectivity index (χ0v) is 26.2. The third-order valence-electron chi connectivity index (χ3n) is 7.59. The number of Topliss-reactive ketones (excluding diaryl/α,β-unsaturated/α-hetero) is 1. The van der Waals surface area contributed by atoms with Crippen molar-refractivity contribution in [3.63, 3.8) is 0 Å². The van der Waals surface area contributed by atoms with E-state index in [1.807, 2.05) is 30.3 Å². The third-order valence-corrected chi connectivity index (χ3v) is 7.59. The van der Waals surface area contributed by atoms with Crippen molar-refractivity contribution in [2.45, 2.75) is 78.1 Å². The lowest BCUT2D eigenvalue weighted by Gasteiger charge is -2.34. The number of esters is 1. The molecule has 1 aliphatic rings. The lowest BCUT2D eigenvalue weighted by Crippen LogP contribution is -2.59. The standard InChI is InChI=1S/C33H41F2N3O7/c1-6-44-31(42)33(34,35)29(40)27(20(2)3)36-26(39)18-38(25-16-23-14-10-11-15-24(23)17-25)30(41)28(21(4)5)37-32(43)45-19-22-12-8-7-9-13-22/h7-15,20-21,25,27-28H,6,16-19H2,1-5H3,(H,36,39)(H,37,43)/t27-,28-/m0/s1. The Hall–Kier alpha value is -4.35. The molecule has 0 spiro atoms. The van der Waals surface area contributed by atoms with Crippen molar-refractivity contribution in [2.75, 3.05) is 13.2 Å². The van der Waals surface area contributed by atoms with Gasteiger partial charge in [-0.3, -0.25) is 14.4 Å². The number of ether oxygens (including phenoxy) is 2. The van der Waals surface area contributed by atoms with Crippen LogP contribution in [0.1, 0.15) is 51.3 Å². The lowest BCUT2D eigenvalue weighted by atomic mass is 9.95. The van der Waals surface area contributed by atoms with Gasteiger partial charge in [0.15, 0.2) is 0 Å². The van der Waals surface area contributed by atoms with Crippen molar-refractivity contribution in [2.24, 2.45) is 11.8 Å². The minimum absolute atomic E-state index is 0.0171. The predicted molar refractivity (Wildman–Crippen MR) is 161 cm³/mol. The summed E-state index contributed by atoms with van der Waals surface area (Å²) in [5, 5.41) is 4.93. The third kappa shape index (κ3) is 9.09. The van der Waals surface area contributed by atoms with Gasteiger partial charge in [0.2, 0.25) is 17.6 Å². The number of ketones is 1. The molecule has 3 amide bonds. The highest BCUT2D eigenvalue weighted by molar-refractivity contribution is 6.08. The van der Waals surface area contributed by atoms with Crippen LogP contribution in [0.5, 0.6) is 0 Å². The summed E-state index contributed by atoms with van der Waals surface area (Å²) in [5.74, 6) is -11.0. The van der Waals surface area contributed by atoms with Crippen molar-refractivity contribution >= 4 is 29.7 Å². The summed E-state index contributed by atoms with van der Waals surface area (Å²) in [7, 11) is 0. The number of rotatable bonds is 14. The molecule has 2 aromatic rings. The smallest absolute Gasteiger partial charge is 0.408 e. The summed E-state index contributed by atoms with van der Waals surface area (Å²) in [5.41, 5.74) is 2.73. The highest BCUT2D eigenvalue weighted by atomic mass is 19.3. The molecule has 2 aromatic carbocycles. The highest BCUT2D eigenvalue weighted by Gasteiger charge is 2.52.